The maximum atomic E-state index is 6.30. The van der Waals surface area contributed by atoms with Crippen molar-refractivity contribution in [1.29, 1.82) is 0 Å². The molecule has 0 saturated heterocycles. The van der Waals surface area contributed by atoms with Gasteiger partial charge in [-0.1, -0.05) is 13.8 Å². The van der Waals surface area contributed by atoms with Crippen LogP contribution in [0.15, 0.2) is 54.6 Å². The van der Waals surface area contributed by atoms with Crippen molar-refractivity contribution in [1.82, 2.24) is 0 Å². The van der Waals surface area contributed by atoms with Crippen LogP contribution in [0.25, 0.3) is 0 Å². The third-order valence-electron chi connectivity index (χ3n) is 6.29. The topological polar surface area (TPSA) is 92.3 Å². The molecule has 10 heteroatoms. The number of hydrogen-bond acceptors (Lipinski definition) is 10. The lowest BCUT2D eigenvalue weighted by Gasteiger charge is -2.16. The second-order valence-corrected chi connectivity index (χ2v) is 10.7. The Hall–Kier alpha value is -3.70. The zero-order chi connectivity index (χ0) is 32.3. The van der Waals surface area contributed by atoms with Gasteiger partial charge in [0.1, 0.15) is 67.5 Å². The van der Waals surface area contributed by atoms with Crippen molar-refractivity contribution in [3.63, 3.8) is 0 Å². The van der Waals surface area contributed by atoms with Crippen molar-refractivity contribution in [2.45, 2.75) is 33.5 Å². The maximum absolute atomic E-state index is 6.30. The first kappa shape index (κ1) is 35.8. The van der Waals surface area contributed by atoms with Gasteiger partial charge < -0.3 is 47.4 Å². The molecule has 248 valence electrons. The molecule has 0 radical (unpaired) electrons. The second-order valence-electron chi connectivity index (χ2n) is 10.7. The monoisotopic (exact) mass is 628 g/mol. The largest absolute Gasteiger partial charge is 0.491 e. The third-order valence-corrected chi connectivity index (χ3v) is 6.29. The fourth-order valence-corrected chi connectivity index (χ4v) is 4.34. The molecule has 0 aliphatic rings. The summed E-state index contributed by atoms with van der Waals surface area (Å²) in [5, 5.41) is 0. The second kappa shape index (κ2) is 20.4. The van der Waals surface area contributed by atoms with Gasteiger partial charge in [0.2, 0.25) is 0 Å². The molecule has 0 atom stereocenters. The van der Waals surface area contributed by atoms with Gasteiger partial charge in [0.05, 0.1) is 19.8 Å². The van der Waals surface area contributed by atoms with Gasteiger partial charge in [-0.3, -0.25) is 0 Å². The van der Waals surface area contributed by atoms with Crippen molar-refractivity contribution in [3.8, 4) is 34.5 Å². The standard InChI is InChI=1S/C35H48O10/c1-26(2)13-27-14-33(43-23-28-16-30(40-10-7-36-3)20-31(17-28)41-11-8-37-4)22-34(15-27)44-24-29-18-32(42-12-9-38-5)21-35(19-29)45-25-39-6/h14-22,26H,7-13,23-25H2,1-6H3. The van der Waals surface area contributed by atoms with Crippen LogP contribution in [0.3, 0.4) is 0 Å². The lowest BCUT2D eigenvalue weighted by atomic mass is 10.0. The van der Waals surface area contributed by atoms with Crippen LogP contribution in [-0.4, -0.2) is 74.9 Å². The minimum atomic E-state index is 0.128. The Balaban J connectivity index is 1.77. The van der Waals surface area contributed by atoms with Crippen LogP contribution in [0.1, 0.15) is 30.5 Å². The molecular weight excluding hydrogens is 580 g/mol. The molecule has 0 N–H and O–H groups in total. The van der Waals surface area contributed by atoms with Gasteiger partial charge in [-0.15, -0.1) is 0 Å². The lowest BCUT2D eigenvalue weighted by Crippen LogP contribution is -2.07. The average Bonchev–Trinajstić information content (AvgIpc) is 3.02. The first-order chi connectivity index (χ1) is 21.9. The lowest BCUT2D eigenvalue weighted by molar-refractivity contribution is 0.0507. The highest BCUT2D eigenvalue weighted by atomic mass is 16.7. The van der Waals surface area contributed by atoms with Gasteiger partial charge in [0.15, 0.2) is 6.79 Å². The highest BCUT2D eigenvalue weighted by Gasteiger charge is 2.10. The minimum absolute atomic E-state index is 0.128. The van der Waals surface area contributed by atoms with Crippen LogP contribution in [0.4, 0.5) is 0 Å². The molecule has 0 aliphatic carbocycles. The summed E-state index contributed by atoms with van der Waals surface area (Å²) < 4.78 is 56.3. The molecule has 0 saturated carbocycles. The summed E-state index contributed by atoms with van der Waals surface area (Å²) in [6, 6.07) is 17.4. The fraction of sp³-hybridized carbons (Fsp3) is 0.486. The summed E-state index contributed by atoms with van der Waals surface area (Å²) in [5.74, 6) is 4.52. The van der Waals surface area contributed by atoms with E-state index in [2.05, 4.69) is 26.0 Å². The predicted octanol–water partition coefficient (Wildman–Crippen LogP) is 6.10. The van der Waals surface area contributed by atoms with Crippen molar-refractivity contribution in [2.75, 3.05) is 74.9 Å². The molecule has 0 aliphatic heterocycles. The first-order valence-corrected chi connectivity index (χ1v) is 15.1. The van der Waals surface area contributed by atoms with E-state index >= 15 is 0 Å². The fourth-order valence-electron chi connectivity index (χ4n) is 4.34. The molecule has 0 fully saturated rings. The highest BCUT2D eigenvalue weighted by molar-refractivity contribution is 5.42. The third kappa shape index (κ3) is 13.9. The van der Waals surface area contributed by atoms with Crippen LogP contribution >= 0.6 is 0 Å². The van der Waals surface area contributed by atoms with Gasteiger partial charge in [0.25, 0.3) is 0 Å². The van der Waals surface area contributed by atoms with Crippen molar-refractivity contribution < 1.29 is 47.4 Å². The van der Waals surface area contributed by atoms with Crippen LogP contribution in [0.2, 0.25) is 0 Å². The average molecular weight is 629 g/mol. The summed E-state index contributed by atoms with van der Waals surface area (Å²) in [7, 11) is 6.50. The number of rotatable bonds is 23. The van der Waals surface area contributed by atoms with E-state index in [0.717, 1.165) is 23.1 Å². The van der Waals surface area contributed by atoms with E-state index in [1.54, 1.807) is 28.4 Å². The summed E-state index contributed by atoms with van der Waals surface area (Å²) in [5.41, 5.74) is 2.92. The zero-order valence-electron chi connectivity index (χ0n) is 27.4. The molecular formula is C35H48O10. The molecule has 0 amide bonds. The van der Waals surface area contributed by atoms with E-state index in [4.69, 9.17) is 47.4 Å². The maximum Gasteiger partial charge on any atom is 0.188 e. The van der Waals surface area contributed by atoms with Crippen LogP contribution < -0.4 is 28.4 Å². The van der Waals surface area contributed by atoms with E-state index in [-0.39, 0.29) is 6.79 Å². The first-order valence-electron chi connectivity index (χ1n) is 15.1. The molecule has 0 spiro atoms. The van der Waals surface area contributed by atoms with Gasteiger partial charge >= 0.3 is 0 Å². The molecule has 0 heterocycles. The number of hydrogen-bond donors (Lipinski definition) is 0. The summed E-state index contributed by atoms with van der Waals surface area (Å²) in [6.07, 6.45) is 0.881. The number of ether oxygens (including phenoxy) is 10. The van der Waals surface area contributed by atoms with Crippen molar-refractivity contribution in [2.24, 2.45) is 5.92 Å². The van der Waals surface area contributed by atoms with Crippen LogP contribution in [-0.2, 0) is 38.6 Å². The van der Waals surface area contributed by atoms with Gasteiger partial charge in [-0.25, -0.2) is 0 Å². The van der Waals surface area contributed by atoms with Gasteiger partial charge in [-0.05, 0) is 65.4 Å². The van der Waals surface area contributed by atoms with E-state index in [1.807, 2.05) is 42.5 Å². The number of methoxy groups -OCH3 is 4. The Morgan fingerprint density at radius 2 is 0.756 bits per heavy atom. The Bertz CT molecular complexity index is 1230. The van der Waals surface area contributed by atoms with Crippen molar-refractivity contribution >= 4 is 0 Å². The summed E-state index contributed by atoms with van der Waals surface area (Å²) in [4.78, 5) is 0. The van der Waals surface area contributed by atoms with E-state index < -0.39 is 0 Å². The minimum Gasteiger partial charge on any atom is -0.491 e. The highest BCUT2D eigenvalue weighted by Crippen LogP contribution is 2.29. The molecule has 3 aromatic carbocycles. The Labute approximate surface area is 267 Å². The quantitative estimate of drug-likeness (QED) is 0.0906. The Kier molecular flexibility index (Phi) is 16.2. The SMILES string of the molecule is COCCOc1cc(COc2cc(CC(C)C)cc(OCc3cc(OCCOC)cc(OCOC)c3)c2)cc(OCCOC)c1. The van der Waals surface area contributed by atoms with Crippen molar-refractivity contribution in [3.05, 3.63) is 71.3 Å². The summed E-state index contributed by atoms with van der Waals surface area (Å²) >= 11 is 0. The Morgan fingerprint density at radius 1 is 0.400 bits per heavy atom. The van der Waals surface area contributed by atoms with E-state index in [9.17, 15) is 0 Å². The van der Waals surface area contributed by atoms with E-state index in [0.29, 0.717) is 93.3 Å². The molecule has 45 heavy (non-hydrogen) atoms. The molecule has 0 aromatic heterocycles. The van der Waals surface area contributed by atoms with Gasteiger partial charge in [0, 0.05) is 46.6 Å². The molecule has 10 nitrogen and oxygen atoms in total. The molecule has 0 unspecified atom stereocenters. The molecule has 3 rings (SSSR count). The zero-order valence-corrected chi connectivity index (χ0v) is 27.4. The van der Waals surface area contributed by atoms with E-state index in [1.165, 1.54) is 0 Å². The van der Waals surface area contributed by atoms with Crippen LogP contribution in [0, 0.1) is 5.92 Å². The molecule has 0 bridgehead atoms. The number of benzene rings is 3. The van der Waals surface area contributed by atoms with Gasteiger partial charge in [-0.2, -0.15) is 0 Å². The summed E-state index contributed by atoms with van der Waals surface area (Å²) in [6.45, 7) is 7.85. The predicted molar refractivity (Wildman–Crippen MR) is 171 cm³/mol. The molecule has 3 aromatic rings. The Morgan fingerprint density at radius 3 is 1.11 bits per heavy atom. The van der Waals surface area contributed by atoms with Crippen LogP contribution in [0.5, 0.6) is 34.5 Å². The smallest absolute Gasteiger partial charge is 0.188 e. The normalized spacial score (nSPS) is 11.0.